The first-order chi connectivity index (χ1) is 4.95. The normalized spacial score (nSPS) is 12.8. The maximum Gasteiger partial charge on any atom is 0.160 e. The number of carbonyl (C=O) groups excluding carboxylic acids is 1. The molecule has 0 aromatic carbocycles. The van der Waals surface area contributed by atoms with Crippen molar-refractivity contribution in [3.63, 3.8) is 0 Å². The lowest BCUT2D eigenvalue weighted by atomic mass is 9.99. The first-order valence-electron chi connectivity index (χ1n) is 4.17. The zero-order chi connectivity index (χ0) is 9.02. The predicted octanol–water partition coefficient (Wildman–Crippen LogP) is 2.81. The van der Waals surface area contributed by atoms with Crippen LogP contribution in [-0.2, 0) is 4.79 Å². The van der Waals surface area contributed by atoms with Gasteiger partial charge in [0.25, 0.3) is 0 Å². The third-order valence-corrected chi connectivity index (χ3v) is 1.50. The van der Waals surface area contributed by atoms with Gasteiger partial charge in [-0.2, -0.15) is 0 Å². The lowest BCUT2D eigenvalue weighted by Crippen LogP contribution is -2.08. The van der Waals surface area contributed by atoms with Crippen LogP contribution in [-0.4, -0.2) is 5.78 Å². The van der Waals surface area contributed by atoms with Crippen LogP contribution in [0.2, 0.25) is 0 Å². The van der Waals surface area contributed by atoms with Gasteiger partial charge in [0, 0.05) is 5.92 Å². The molecule has 0 heterocycles. The molecule has 0 N–H and O–H groups in total. The van der Waals surface area contributed by atoms with Gasteiger partial charge in [-0.15, -0.1) is 0 Å². The molecule has 0 atom stereocenters. The SMILES string of the molecule is C/C(=C\C(C)C)C(=O)C(C)C. The molecule has 0 radical (unpaired) electrons. The molecule has 0 saturated heterocycles. The third kappa shape index (κ3) is 3.97. The monoisotopic (exact) mass is 154 g/mol. The lowest BCUT2D eigenvalue weighted by Gasteiger charge is -2.04. The molecule has 0 saturated carbocycles. The van der Waals surface area contributed by atoms with Gasteiger partial charge in [0.05, 0.1) is 0 Å². The molecule has 0 aromatic rings. The number of Topliss-reactive ketones (excluding diaryl/α,β-unsaturated/α-hetero) is 1. The van der Waals surface area contributed by atoms with Crippen molar-refractivity contribution in [3.05, 3.63) is 11.6 Å². The molecule has 1 heteroatoms. The minimum absolute atomic E-state index is 0.130. The summed E-state index contributed by atoms with van der Waals surface area (Å²) in [5.41, 5.74) is 0.898. The molecule has 0 aliphatic carbocycles. The van der Waals surface area contributed by atoms with Crippen molar-refractivity contribution < 1.29 is 4.79 Å². The standard InChI is InChI=1S/C10H18O/c1-7(2)6-9(5)10(11)8(3)4/h6-8H,1-5H3/b9-6+. The van der Waals surface area contributed by atoms with E-state index in [1.807, 2.05) is 26.8 Å². The number of allylic oxidation sites excluding steroid dienone is 2. The second-order valence-corrected chi connectivity index (χ2v) is 3.61. The van der Waals surface area contributed by atoms with E-state index >= 15 is 0 Å². The smallest absolute Gasteiger partial charge is 0.160 e. The minimum atomic E-state index is 0.130. The summed E-state index contributed by atoms with van der Waals surface area (Å²) in [5.74, 6) is 0.862. The maximum absolute atomic E-state index is 11.3. The molecule has 64 valence electrons. The van der Waals surface area contributed by atoms with Gasteiger partial charge in [0.1, 0.15) is 0 Å². The van der Waals surface area contributed by atoms with Gasteiger partial charge in [-0.25, -0.2) is 0 Å². The molecule has 0 bridgehead atoms. The quantitative estimate of drug-likeness (QED) is 0.571. The average Bonchev–Trinajstić information content (AvgIpc) is 1.84. The predicted molar refractivity (Wildman–Crippen MR) is 48.4 cm³/mol. The molecule has 0 fully saturated rings. The van der Waals surface area contributed by atoms with E-state index in [2.05, 4.69) is 13.8 Å². The van der Waals surface area contributed by atoms with E-state index < -0.39 is 0 Å². The van der Waals surface area contributed by atoms with E-state index in [0.717, 1.165) is 5.57 Å². The van der Waals surface area contributed by atoms with E-state index in [4.69, 9.17) is 0 Å². The van der Waals surface area contributed by atoms with E-state index in [1.165, 1.54) is 0 Å². The average molecular weight is 154 g/mol. The fourth-order valence-electron chi connectivity index (χ4n) is 1.04. The fraction of sp³-hybridized carbons (Fsp3) is 0.700. The summed E-state index contributed by atoms with van der Waals surface area (Å²) in [6, 6.07) is 0. The number of rotatable bonds is 3. The van der Waals surface area contributed by atoms with Crippen LogP contribution in [0.25, 0.3) is 0 Å². The zero-order valence-electron chi connectivity index (χ0n) is 8.14. The number of hydrogen-bond donors (Lipinski definition) is 0. The summed E-state index contributed by atoms with van der Waals surface area (Å²) in [7, 11) is 0. The topological polar surface area (TPSA) is 17.1 Å². The highest BCUT2D eigenvalue weighted by Crippen LogP contribution is 2.08. The second-order valence-electron chi connectivity index (χ2n) is 3.61. The maximum atomic E-state index is 11.3. The first kappa shape index (κ1) is 10.4. The number of carbonyl (C=O) groups is 1. The Bertz CT molecular complexity index is 164. The van der Waals surface area contributed by atoms with E-state index in [9.17, 15) is 4.79 Å². The summed E-state index contributed by atoms with van der Waals surface area (Å²) in [5, 5.41) is 0. The van der Waals surface area contributed by atoms with Crippen LogP contribution in [0.5, 0.6) is 0 Å². The first-order valence-corrected chi connectivity index (χ1v) is 4.17. The molecule has 0 rings (SSSR count). The van der Waals surface area contributed by atoms with Gasteiger partial charge in [-0.1, -0.05) is 33.8 Å². The molecule has 0 aliphatic rings. The summed E-state index contributed by atoms with van der Waals surface area (Å²) in [6.07, 6.45) is 2.02. The summed E-state index contributed by atoms with van der Waals surface area (Å²) >= 11 is 0. The van der Waals surface area contributed by atoms with E-state index in [1.54, 1.807) is 0 Å². The second kappa shape index (κ2) is 4.32. The van der Waals surface area contributed by atoms with Crippen molar-refractivity contribution in [2.45, 2.75) is 34.6 Å². The third-order valence-electron chi connectivity index (χ3n) is 1.50. The van der Waals surface area contributed by atoms with Crippen LogP contribution >= 0.6 is 0 Å². The summed E-state index contributed by atoms with van der Waals surface area (Å²) in [6.45, 7) is 9.91. The van der Waals surface area contributed by atoms with Crippen molar-refractivity contribution >= 4 is 5.78 Å². The molecule has 1 nitrogen and oxygen atoms in total. The molecule has 11 heavy (non-hydrogen) atoms. The van der Waals surface area contributed by atoms with Crippen LogP contribution in [0, 0.1) is 11.8 Å². The Labute approximate surface area is 69.5 Å². The van der Waals surface area contributed by atoms with Crippen LogP contribution in [0.15, 0.2) is 11.6 Å². The van der Waals surface area contributed by atoms with Crippen molar-refractivity contribution in [3.8, 4) is 0 Å². The summed E-state index contributed by atoms with van der Waals surface area (Å²) < 4.78 is 0. The number of ketones is 1. The summed E-state index contributed by atoms with van der Waals surface area (Å²) in [4.78, 5) is 11.3. The molecule has 0 aliphatic heterocycles. The molecule has 0 amide bonds. The van der Waals surface area contributed by atoms with Crippen LogP contribution in [0.4, 0.5) is 0 Å². The highest BCUT2D eigenvalue weighted by Gasteiger charge is 2.08. The Morgan fingerprint density at radius 1 is 1.18 bits per heavy atom. The Morgan fingerprint density at radius 2 is 1.64 bits per heavy atom. The van der Waals surface area contributed by atoms with Gasteiger partial charge < -0.3 is 0 Å². The molecular weight excluding hydrogens is 136 g/mol. The van der Waals surface area contributed by atoms with Gasteiger partial charge in [0.2, 0.25) is 0 Å². The minimum Gasteiger partial charge on any atom is -0.294 e. The fourth-order valence-corrected chi connectivity index (χ4v) is 1.04. The Morgan fingerprint density at radius 3 is 1.91 bits per heavy atom. The molecular formula is C10H18O. The van der Waals surface area contributed by atoms with Gasteiger partial charge >= 0.3 is 0 Å². The van der Waals surface area contributed by atoms with Gasteiger partial charge in [-0.3, -0.25) is 4.79 Å². The molecule has 0 spiro atoms. The van der Waals surface area contributed by atoms with Crippen molar-refractivity contribution in [2.75, 3.05) is 0 Å². The van der Waals surface area contributed by atoms with Crippen molar-refractivity contribution in [2.24, 2.45) is 11.8 Å². The Kier molecular flexibility index (Phi) is 4.09. The van der Waals surface area contributed by atoms with Crippen LogP contribution in [0.3, 0.4) is 0 Å². The van der Waals surface area contributed by atoms with Gasteiger partial charge in [-0.05, 0) is 18.4 Å². The Balaban J connectivity index is 4.24. The van der Waals surface area contributed by atoms with E-state index in [0.29, 0.717) is 5.92 Å². The highest BCUT2D eigenvalue weighted by molar-refractivity contribution is 5.96. The Hall–Kier alpha value is -0.590. The zero-order valence-corrected chi connectivity index (χ0v) is 8.14. The largest absolute Gasteiger partial charge is 0.294 e. The van der Waals surface area contributed by atoms with E-state index in [-0.39, 0.29) is 11.7 Å². The van der Waals surface area contributed by atoms with Crippen molar-refractivity contribution in [1.82, 2.24) is 0 Å². The number of hydrogen-bond acceptors (Lipinski definition) is 1. The van der Waals surface area contributed by atoms with Crippen molar-refractivity contribution in [1.29, 1.82) is 0 Å². The lowest BCUT2D eigenvalue weighted by molar-refractivity contribution is -0.118. The van der Waals surface area contributed by atoms with Crippen LogP contribution < -0.4 is 0 Å². The molecule has 0 aromatic heterocycles. The van der Waals surface area contributed by atoms with Crippen LogP contribution in [0.1, 0.15) is 34.6 Å². The highest BCUT2D eigenvalue weighted by atomic mass is 16.1. The van der Waals surface area contributed by atoms with Gasteiger partial charge in [0.15, 0.2) is 5.78 Å². The molecule has 0 unspecified atom stereocenters.